The molecule has 174 valence electrons. The Hall–Kier alpha value is -3.94. The lowest BCUT2D eigenvalue weighted by Crippen LogP contribution is -2.29. The van der Waals surface area contributed by atoms with E-state index in [-0.39, 0.29) is 0 Å². The van der Waals surface area contributed by atoms with Crippen molar-refractivity contribution in [3.05, 3.63) is 61.1 Å². The van der Waals surface area contributed by atoms with Crippen molar-refractivity contribution in [3.8, 4) is 28.5 Å². The molecule has 4 aromatic rings. The highest BCUT2D eigenvalue weighted by Crippen LogP contribution is 2.34. The van der Waals surface area contributed by atoms with Gasteiger partial charge in [-0.05, 0) is 37.3 Å². The molecule has 1 saturated carbocycles. The number of methoxy groups -OCH3 is 1. The number of benzene rings is 2. The summed E-state index contributed by atoms with van der Waals surface area (Å²) in [6.07, 6.45) is 6.65. The smallest absolute Gasteiger partial charge is 0.232 e. The molecule has 2 heterocycles. The summed E-state index contributed by atoms with van der Waals surface area (Å²) in [7, 11) is 1.63. The van der Waals surface area contributed by atoms with Crippen LogP contribution in [0.5, 0.6) is 5.75 Å². The van der Waals surface area contributed by atoms with Crippen molar-refractivity contribution in [3.63, 3.8) is 0 Å². The van der Waals surface area contributed by atoms with Crippen LogP contribution in [0.15, 0.2) is 65.5 Å². The molecule has 0 radical (unpaired) electrons. The van der Waals surface area contributed by atoms with E-state index in [1.807, 2.05) is 48.5 Å². The van der Waals surface area contributed by atoms with Crippen LogP contribution in [0.25, 0.3) is 22.7 Å². The highest BCUT2D eigenvalue weighted by Gasteiger charge is 2.26. The number of nitrogens with zero attached hydrogens (tertiary/aromatic N) is 5. The molecular weight excluding hydrogens is 428 g/mol. The van der Waals surface area contributed by atoms with Gasteiger partial charge in [0.15, 0.2) is 18.0 Å². The molecule has 0 spiro atoms. The predicted octanol–water partition coefficient (Wildman–Crippen LogP) is 5.57. The Labute approximate surface area is 199 Å². The molecule has 2 aromatic heterocycles. The summed E-state index contributed by atoms with van der Waals surface area (Å²) in [6.45, 7) is 4.07. The molecule has 1 fully saturated rings. The summed E-state index contributed by atoms with van der Waals surface area (Å²) in [5, 5.41) is 3.35. The van der Waals surface area contributed by atoms with Crippen molar-refractivity contribution in [1.82, 2.24) is 19.9 Å². The zero-order valence-corrected chi connectivity index (χ0v) is 19.4. The topological polar surface area (TPSA) is 89.2 Å². The van der Waals surface area contributed by atoms with Gasteiger partial charge in [0.1, 0.15) is 5.75 Å². The van der Waals surface area contributed by atoms with E-state index in [1.54, 1.807) is 13.3 Å². The number of rotatable bonds is 10. The number of anilines is 3. The van der Waals surface area contributed by atoms with Crippen molar-refractivity contribution >= 4 is 17.6 Å². The van der Waals surface area contributed by atoms with Gasteiger partial charge < -0.3 is 19.4 Å². The predicted molar refractivity (Wildman–Crippen MR) is 132 cm³/mol. The van der Waals surface area contributed by atoms with Crippen molar-refractivity contribution in [2.45, 2.75) is 26.2 Å². The maximum atomic E-state index is 5.60. The average molecular weight is 457 g/mol. The highest BCUT2D eigenvalue weighted by atomic mass is 16.5. The van der Waals surface area contributed by atoms with Crippen LogP contribution in [0.2, 0.25) is 0 Å². The van der Waals surface area contributed by atoms with Crippen LogP contribution in [0.4, 0.5) is 17.6 Å². The second-order valence-electron chi connectivity index (χ2n) is 8.44. The summed E-state index contributed by atoms with van der Waals surface area (Å²) in [5.74, 6) is 3.89. The molecule has 1 aliphatic rings. The van der Waals surface area contributed by atoms with E-state index in [1.165, 1.54) is 19.2 Å². The first-order valence-corrected chi connectivity index (χ1v) is 11.6. The van der Waals surface area contributed by atoms with Crippen LogP contribution in [-0.2, 0) is 0 Å². The number of hydrogen-bond acceptors (Lipinski definition) is 8. The van der Waals surface area contributed by atoms with Gasteiger partial charge in [-0.3, -0.25) is 0 Å². The number of nitrogens with one attached hydrogen (secondary N) is 1. The van der Waals surface area contributed by atoms with Gasteiger partial charge in [0.25, 0.3) is 0 Å². The van der Waals surface area contributed by atoms with E-state index in [9.17, 15) is 0 Å². The molecule has 0 aliphatic heterocycles. The molecule has 0 bridgehead atoms. The largest absolute Gasteiger partial charge is 0.496 e. The molecule has 1 aliphatic carbocycles. The lowest BCUT2D eigenvalue weighted by molar-refractivity contribution is 0.415. The van der Waals surface area contributed by atoms with Crippen LogP contribution >= 0.6 is 0 Å². The minimum atomic E-state index is 0.496. The highest BCUT2D eigenvalue weighted by molar-refractivity contribution is 5.71. The zero-order valence-electron chi connectivity index (χ0n) is 19.4. The van der Waals surface area contributed by atoms with Crippen LogP contribution in [0, 0.1) is 5.92 Å². The fourth-order valence-electron chi connectivity index (χ4n) is 3.88. The van der Waals surface area contributed by atoms with Gasteiger partial charge >= 0.3 is 0 Å². The number of oxazole rings is 1. The van der Waals surface area contributed by atoms with Crippen molar-refractivity contribution in [2.24, 2.45) is 5.92 Å². The molecule has 5 rings (SSSR count). The van der Waals surface area contributed by atoms with E-state index < -0.39 is 0 Å². The maximum absolute atomic E-state index is 5.60. The van der Waals surface area contributed by atoms with Crippen molar-refractivity contribution in [2.75, 3.05) is 30.4 Å². The normalized spacial score (nSPS) is 13.0. The third-order valence-corrected chi connectivity index (χ3v) is 5.76. The van der Waals surface area contributed by atoms with E-state index in [2.05, 4.69) is 22.1 Å². The zero-order chi connectivity index (χ0) is 23.3. The SMILES string of the molecule is CCCN(CC1CC1)c1nc(Nc2ccc(-c3cnco3)c(OC)c2)nc(-c2ccccc2)n1. The van der Waals surface area contributed by atoms with Gasteiger partial charge in [-0.2, -0.15) is 15.0 Å². The van der Waals surface area contributed by atoms with Gasteiger partial charge in [0, 0.05) is 30.4 Å². The van der Waals surface area contributed by atoms with Gasteiger partial charge in [-0.25, -0.2) is 4.98 Å². The lowest BCUT2D eigenvalue weighted by Gasteiger charge is -2.23. The summed E-state index contributed by atoms with van der Waals surface area (Å²) in [4.78, 5) is 20.7. The second-order valence-corrected chi connectivity index (χ2v) is 8.44. The molecule has 0 atom stereocenters. The molecular formula is C26H28N6O2. The standard InChI is InChI=1S/C26H28N6O2/c1-3-13-32(16-18-9-10-18)26-30-24(19-7-5-4-6-8-19)29-25(31-26)28-20-11-12-21(22(14-20)33-2)23-15-27-17-34-23/h4-8,11-12,14-15,17-18H,3,9-10,13,16H2,1-2H3,(H,28,29,30,31). The molecule has 8 nitrogen and oxygen atoms in total. The van der Waals surface area contributed by atoms with Crippen molar-refractivity contribution < 1.29 is 9.15 Å². The first kappa shape index (κ1) is 21.9. The summed E-state index contributed by atoms with van der Waals surface area (Å²) >= 11 is 0. The minimum absolute atomic E-state index is 0.496. The minimum Gasteiger partial charge on any atom is -0.496 e. The Morgan fingerprint density at radius 3 is 2.65 bits per heavy atom. The van der Waals surface area contributed by atoms with E-state index in [0.717, 1.165) is 42.2 Å². The molecule has 1 N–H and O–H groups in total. The van der Waals surface area contributed by atoms with E-state index >= 15 is 0 Å². The first-order chi connectivity index (χ1) is 16.7. The van der Waals surface area contributed by atoms with Gasteiger partial charge in [0.05, 0.1) is 18.9 Å². The number of ether oxygens (including phenoxy) is 1. The fourth-order valence-corrected chi connectivity index (χ4v) is 3.88. The summed E-state index contributed by atoms with van der Waals surface area (Å²) in [5.41, 5.74) is 2.58. The summed E-state index contributed by atoms with van der Waals surface area (Å²) in [6, 6.07) is 15.8. The Kier molecular flexibility index (Phi) is 6.38. The molecule has 8 heteroatoms. The Morgan fingerprint density at radius 2 is 1.94 bits per heavy atom. The monoisotopic (exact) mass is 456 g/mol. The van der Waals surface area contributed by atoms with E-state index in [4.69, 9.17) is 24.1 Å². The van der Waals surface area contributed by atoms with Crippen LogP contribution in [0.1, 0.15) is 26.2 Å². The van der Waals surface area contributed by atoms with Crippen LogP contribution in [0.3, 0.4) is 0 Å². The number of aromatic nitrogens is 4. The quantitative estimate of drug-likeness (QED) is 0.331. The second kappa shape index (κ2) is 9.91. The third-order valence-electron chi connectivity index (χ3n) is 5.76. The Bertz CT molecular complexity index is 1230. The Morgan fingerprint density at radius 1 is 1.09 bits per heavy atom. The van der Waals surface area contributed by atoms with E-state index in [0.29, 0.717) is 29.2 Å². The maximum Gasteiger partial charge on any atom is 0.232 e. The van der Waals surface area contributed by atoms with Gasteiger partial charge in [0.2, 0.25) is 11.9 Å². The molecule has 34 heavy (non-hydrogen) atoms. The molecule has 2 aromatic carbocycles. The molecule has 0 unspecified atom stereocenters. The fraction of sp³-hybridized carbons (Fsp3) is 0.308. The van der Waals surface area contributed by atoms with Gasteiger partial charge in [-0.15, -0.1) is 0 Å². The third kappa shape index (κ3) is 5.01. The summed E-state index contributed by atoms with van der Waals surface area (Å²) < 4.78 is 11.0. The van der Waals surface area contributed by atoms with Gasteiger partial charge in [-0.1, -0.05) is 37.3 Å². The average Bonchev–Trinajstić information content (AvgIpc) is 3.53. The molecule has 0 saturated heterocycles. The Balaban J connectivity index is 1.50. The first-order valence-electron chi connectivity index (χ1n) is 11.6. The molecule has 0 amide bonds. The lowest BCUT2D eigenvalue weighted by atomic mass is 10.1. The van der Waals surface area contributed by atoms with Crippen molar-refractivity contribution in [1.29, 1.82) is 0 Å². The van der Waals surface area contributed by atoms with Crippen LogP contribution < -0.4 is 15.0 Å². The van der Waals surface area contributed by atoms with Crippen LogP contribution in [-0.4, -0.2) is 40.1 Å². The number of hydrogen-bond donors (Lipinski definition) is 1.